The van der Waals surface area contributed by atoms with Crippen molar-refractivity contribution in [1.82, 2.24) is 0 Å². The van der Waals surface area contributed by atoms with Gasteiger partial charge in [0.25, 0.3) is 0 Å². The first-order valence-electron chi connectivity index (χ1n) is 5.37. The zero-order chi connectivity index (χ0) is 14.0. The Bertz CT molecular complexity index is 601. The molecule has 0 saturated heterocycles. The summed E-state index contributed by atoms with van der Waals surface area (Å²) < 4.78 is 37.2. The van der Waals surface area contributed by atoms with Crippen LogP contribution in [0.3, 0.4) is 0 Å². The van der Waals surface area contributed by atoms with Gasteiger partial charge in [0.2, 0.25) is 0 Å². The van der Waals surface area contributed by atoms with Gasteiger partial charge in [0.1, 0.15) is 12.0 Å². The van der Waals surface area contributed by atoms with Gasteiger partial charge in [-0.1, -0.05) is 18.2 Å². The van der Waals surface area contributed by atoms with Gasteiger partial charge in [-0.15, -0.1) is 0 Å². The van der Waals surface area contributed by atoms with Crippen LogP contribution in [-0.2, 0) is 6.18 Å². The highest BCUT2D eigenvalue weighted by atomic mass is 19.4. The van der Waals surface area contributed by atoms with E-state index in [1.807, 2.05) is 0 Å². The van der Waals surface area contributed by atoms with Crippen molar-refractivity contribution >= 4 is 6.29 Å². The summed E-state index contributed by atoms with van der Waals surface area (Å²) in [5.74, 6) is -0.149. The van der Waals surface area contributed by atoms with Crippen LogP contribution in [-0.4, -0.2) is 11.4 Å². The molecule has 0 atom stereocenters. The van der Waals surface area contributed by atoms with Crippen LogP contribution in [0.15, 0.2) is 42.5 Å². The molecule has 0 saturated carbocycles. The summed E-state index contributed by atoms with van der Waals surface area (Å²) in [6, 6.07) is 8.68. The smallest absolute Gasteiger partial charge is 0.416 e. The van der Waals surface area contributed by atoms with Gasteiger partial charge in [-0.05, 0) is 29.8 Å². The molecule has 2 aromatic rings. The van der Waals surface area contributed by atoms with Crippen molar-refractivity contribution in [3.05, 3.63) is 53.6 Å². The van der Waals surface area contributed by atoms with E-state index in [4.69, 9.17) is 0 Å². The second-order valence-corrected chi connectivity index (χ2v) is 3.97. The Morgan fingerprint density at radius 2 is 1.63 bits per heavy atom. The molecule has 2 aromatic carbocycles. The lowest BCUT2D eigenvalue weighted by atomic mass is 10.0. The minimum Gasteiger partial charge on any atom is -0.507 e. The van der Waals surface area contributed by atoms with Gasteiger partial charge in [-0.3, -0.25) is 4.79 Å². The zero-order valence-electron chi connectivity index (χ0n) is 9.61. The molecular formula is C14H9F3O2. The molecule has 0 aliphatic heterocycles. The van der Waals surface area contributed by atoms with Gasteiger partial charge in [0.15, 0.2) is 0 Å². The fourth-order valence-corrected chi connectivity index (χ4v) is 1.70. The normalized spacial score (nSPS) is 11.3. The number of carbonyl (C=O) groups excluding carboxylic acids is 1. The Morgan fingerprint density at radius 1 is 1.00 bits per heavy atom. The van der Waals surface area contributed by atoms with Crippen LogP contribution >= 0.6 is 0 Å². The molecule has 2 nitrogen and oxygen atoms in total. The Labute approximate surface area is 107 Å². The molecule has 2 rings (SSSR count). The van der Waals surface area contributed by atoms with Crippen molar-refractivity contribution in [3.63, 3.8) is 0 Å². The third-order valence-corrected chi connectivity index (χ3v) is 2.68. The Morgan fingerprint density at radius 3 is 2.11 bits per heavy atom. The van der Waals surface area contributed by atoms with E-state index >= 15 is 0 Å². The van der Waals surface area contributed by atoms with Crippen LogP contribution in [0, 0.1) is 0 Å². The minimum absolute atomic E-state index is 0.149. The van der Waals surface area contributed by atoms with Crippen molar-refractivity contribution in [2.75, 3.05) is 0 Å². The molecular weight excluding hydrogens is 257 g/mol. The maximum Gasteiger partial charge on any atom is 0.416 e. The van der Waals surface area contributed by atoms with Gasteiger partial charge < -0.3 is 5.11 Å². The molecule has 0 aliphatic carbocycles. The molecule has 0 aromatic heterocycles. The molecule has 98 valence electrons. The van der Waals surface area contributed by atoms with E-state index < -0.39 is 11.7 Å². The highest BCUT2D eigenvalue weighted by Crippen LogP contribution is 2.33. The van der Waals surface area contributed by atoms with Crippen LogP contribution < -0.4 is 0 Å². The van der Waals surface area contributed by atoms with Gasteiger partial charge in [0.05, 0.1) is 5.56 Å². The molecule has 5 heteroatoms. The van der Waals surface area contributed by atoms with Gasteiger partial charge >= 0.3 is 6.18 Å². The Balaban J connectivity index is 2.40. The molecule has 0 radical (unpaired) electrons. The van der Waals surface area contributed by atoms with E-state index in [1.54, 1.807) is 0 Å². The first kappa shape index (κ1) is 13.1. The lowest BCUT2D eigenvalue weighted by molar-refractivity contribution is -0.137. The summed E-state index contributed by atoms with van der Waals surface area (Å²) in [6.45, 7) is 0. The van der Waals surface area contributed by atoms with Gasteiger partial charge in [-0.2, -0.15) is 13.2 Å². The number of alkyl halides is 3. The number of halogens is 3. The Kier molecular flexibility index (Phi) is 3.29. The molecule has 0 bridgehead atoms. The van der Waals surface area contributed by atoms with E-state index in [0.717, 1.165) is 12.1 Å². The number of phenols is 1. The molecule has 0 spiro atoms. The standard InChI is InChI=1S/C14H9F3O2/c15-14(16,17)11-4-2-10(3-5-11)12-6-1-9(8-18)7-13(12)19/h1-8,19H. The van der Waals surface area contributed by atoms with Crippen molar-refractivity contribution in [2.24, 2.45) is 0 Å². The number of hydrogen-bond donors (Lipinski definition) is 1. The van der Waals surface area contributed by atoms with Crippen molar-refractivity contribution in [2.45, 2.75) is 6.18 Å². The number of hydrogen-bond acceptors (Lipinski definition) is 2. The summed E-state index contributed by atoms with van der Waals surface area (Å²) in [7, 11) is 0. The molecule has 0 amide bonds. The molecule has 1 N–H and O–H groups in total. The predicted octanol–water partition coefficient (Wildman–Crippen LogP) is 3.89. The Hall–Kier alpha value is -2.30. The quantitative estimate of drug-likeness (QED) is 0.837. The SMILES string of the molecule is O=Cc1ccc(-c2ccc(C(F)(F)F)cc2)c(O)c1. The number of aromatic hydroxyl groups is 1. The van der Waals surface area contributed by atoms with Crippen molar-refractivity contribution in [3.8, 4) is 16.9 Å². The van der Waals surface area contributed by atoms with Crippen molar-refractivity contribution in [1.29, 1.82) is 0 Å². The lowest BCUT2D eigenvalue weighted by Crippen LogP contribution is -2.03. The fraction of sp³-hybridized carbons (Fsp3) is 0.0714. The maximum absolute atomic E-state index is 12.4. The van der Waals surface area contributed by atoms with Crippen LogP contribution in [0.1, 0.15) is 15.9 Å². The number of rotatable bonds is 2. The second kappa shape index (κ2) is 4.76. The third-order valence-electron chi connectivity index (χ3n) is 2.68. The van der Waals surface area contributed by atoms with Gasteiger partial charge in [-0.25, -0.2) is 0 Å². The number of carbonyl (C=O) groups is 1. The first-order valence-corrected chi connectivity index (χ1v) is 5.37. The summed E-state index contributed by atoms with van der Waals surface area (Å²) in [6.07, 6.45) is -3.81. The van der Waals surface area contributed by atoms with Crippen LogP contribution in [0.25, 0.3) is 11.1 Å². The van der Waals surface area contributed by atoms with E-state index in [0.29, 0.717) is 23.0 Å². The fourth-order valence-electron chi connectivity index (χ4n) is 1.70. The van der Waals surface area contributed by atoms with E-state index in [1.165, 1.54) is 30.3 Å². The molecule has 0 fully saturated rings. The first-order chi connectivity index (χ1) is 8.91. The highest BCUT2D eigenvalue weighted by Gasteiger charge is 2.30. The summed E-state index contributed by atoms with van der Waals surface area (Å²) in [4.78, 5) is 10.5. The molecule has 0 aliphatic rings. The molecule has 0 heterocycles. The lowest BCUT2D eigenvalue weighted by Gasteiger charge is -2.09. The zero-order valence-corrected chi connectivity index (χ0v) is 9.61. The third kappa shape index (κ3) is 2.76. The predicted molar refractivity (Wildman–Crippen MR) is 63.9 cm³/mol. The number of aldehydes is 1. The summed E-state index contributed by atoms with van der Waals surface area (Å²) >= 11 is 0. The minimum atomic E-state index is -4.39. The number of benzene rings is 2. The van der Waals surface area contributed by atoms with Crippen LogP contribution in [0.5, 0.6) is 5.75 Å². The van der Waals surface area contributed by atoms with Crippen LogP contribution in [0.2, 0.25) is 0 Å². The molecule has 19 heavy (non-hydrogen) atoms. The topological polar surface area (TPSA) is 37.3 Å². The monoisotopic (exact) mass is 266 g/mol. The second-order valence-electron chi connectivity index (χ2n) is 3.97. The van der Waals surface area contributed by atoms with E-state index in [-0.39, 0.29) is 5.75 Å². The largest absolute Gasteiger partial charge is 0.507 e. The molecule has 0 unspecified atom stereocenters. The van der Waals surface area contributed by atoms with E-state index in [2.05, 4.69) is 0 Å². The highest BCUT2D eigenvalue weighted by molar-refractivity contribution is 5.80. The van der Waals surface area contributed by atoms with Gasteiger partial charge in [0, 0.05) is 11.1 Å². The average molecular weight is 266 g/mol. The summed E-state index contributed by atoms with van der Waals surface area (Å²) in [5.41, 5.74) is 0.371. The average Bonchev–Trinajstić information content (AvgIpc) is 2.37. The summed E-state index contributed by atoms with van der Waals surface area (Å²) in [5, 5.41) is 9.72. The van der Waals surface area contributed by atoms with Crippen LogP contribution in [0.4, 0.5) is 13.2 Å². The van der Waals surface area contributed by atoms with E-state index in [9.17, 15) is 23.1 Å². The van der Waals surface area contributed by atoms with Crippen molar-refractivity contribution < 1.29 is 23.1 Å². The maximum atomic E-state index is 12.4. The number of phenolic OH excluding ortho intramolecular Hbond substituents is 1.